The molecule has 3 N–H and O–H groups in total. The zero-order valence-corrected chi connectivity index (χ0v) is 18.7. The third-order valence-corrected chi connectivity index (χ3v) is 5.80. The Labute approximate surface area is 193 Å². The molecular weight excluding hydrogens is 424 g/mol. The van der Waals surface area contributed by atoms with Crippen LogP contribution in [0.5, 0.6) is 0 Å². The predicted octanol–water partition coefficient (Wildman–Crippen LogP) is 2.99. The molecule has 0 saturated carbocycles. The van der Waals surface area contributed by atoms with Crippen LogP contribution in [0.4, 0.5) is 4.79 Å². The summed E-state index contributed by atoms with van der Waals surface area (Å²) in [6.45, 7) is 0.488. The topological polar surface area (TPSA) is 116 Å². The van der Waals surface area contributed by atoms with Gasteiger partial charge in [-0.15, -0.1) is 0 Å². The van der Waals surface area contributed by atoms with Gasteiger partial charge in [0.05, 0.1) is 12.5 Å². The van der Waals surface area contributed by atoms with Gasteiger partial charge in [-0.1, -0.05) is 48.5 Å². The number of benzene rings is 2. The van der Waals surface area contributed by atoms with Gasteiger partial charge in [-0.25, -0.2) is 4.79 Å². The summed E-state index contributed by atoms with van der Waals surface area (Å²) in [5.74, 6) is -1.18. The summed E-state index contributed by atoms with van der Waals surface area (Å²) >= 11 is 0. The molecule has 33 heavy (non-hydrogen) atoms. The molecule has 1 aliphatic carbocycles. The number of unbranched alkanes of at least 4 members (excludes halogenated alkanes) is 1. The highest BCUT2D eigenvalue weighted by Gasteiger charge is 2.29. The smallest absolute Gasteiger partial charge is 0.407 e. The Balaban J connectivity index is 1.41. The Kier molecular flexibility index (Phi) is 8.43. The van der Waals surface area contributed by atoms with Gasteiger partial charge in [0.1, 0.15) is 6.61 Å². The number of carboxylic acid groups (broad SMARTS) is 1. The number of aliphatic carboxylic acids is 1. The fourth-order valence-electron chi connectivity index (χ4n) is 4.03. The first-order valence-electron chi connectivity index (χ1n) is 11.1. The SMILES string of the molecule is CN(CCCCC(=O)O)C(=O)CC(O)CNC(=O)OCC1c2ccccc2-c2ccccc21. The molecule has 8 heteroatoms. The number of nitrogens with zero attached hydrogens (tertiary/aromatic N) is 1. The molecule has 0 aliphatic heterocycles. The number of carbonyl (C=O) groups excluding carboxylic acids is 2. The average Bonchev–Trinajstić information content (AvgIpc) is 3.12. The van der Waals surface area contributed by atoms with Crippen molar-refractivity contribution in [2.24, 2.45) is 0 Å². The molecule has 0 spiro atoms. The Hall–Kier alpha value is -3.39. The number of amides is 2. The standard InChI is InChI=1S/C25H30N2O6/c1-27(13-7-6-12-24(30)31)23(29)14-17(28)15-26-25(32)33-16-22-20-10-4-2-8-18(20)19-9-3-5-11-21(19)22/h2-5,8-11,17,22,28H,6-7,12-16H2,1H3,(H,26,32)(H,30,31). The van der Waals surface area contributed by atoms with Crippen LogP contribution in [0, 0.1) is 0 Å². The van der Waals surface area contributed by atoms with E-state index >= 15 is 0 Å². The van der Waals surface area contributed by atoms with E-state index in [0.717, 1.165) is 22.3 Å². The van der Waals surface area contributed by atoms with E-state index in [1.807, 2.05) is 36.4 Å². The van der Waals surface area contributed by atoms with Crippen LogP contribution < -0.4 is 5.32 Å². The highest BCUT2D eigenvalue weighted by molar-refractivity contribution is 5.79. The summed E-state index contributed by atoms with van der Waals surface area (Å²) in [5.41, 5.74) is 4.51. The molecule has 176 valence electrons. The van der Waals surface area contributed by atoms with E-state index < -0.39 is 18.2 Å². The van der Waals surface area contributed by atoms with E-state index in [1.165, 1.54) is 4.90 Å². The van der Waals surface area contributed by atoms with Crippen LogP contribution in [0.25, 0.3) is 11.1 Å². The molecule has 0 saturated heterocycles. The molecular formula is C25H30N2O6. The fourth-order valence-corrected chi connectivity index (χ4v) is 4.03. The summed E-state index contributed by atoms with van der Waals surface area (Å²) in [7, 11) is 1.61. The van der Waals surface area contributed by atoms with Crippen LogP contribution in [0.15, 0.2) is 48.5 Å². The van der Waals surface area contributed by atoms with Crippen molar-refractivity contribution in [2.75, 3.05) is 26.7 Å². The van der Waals surface area contributed by atoms with Crippen molar-refractivity contribution >= 4 is 18.0 Å². The Morgan fingerprint density at radius 3 is 2.24 bits per heavy atom. The number of aliphatic hydroxyl groups is 1. The second kappa shape index (κ2) is 11.5. The summed E-state index contributed by atoms with van der Waals surface area (Å²) in [4.78, 5) is 36.3. The van der Waals surface area contributed by atoms with Gasteiger partial charge in [0.2, 0.25) is 5.91 Å². The van der Waals surface area contributed by atoms with Crippen molar-refractivity contribution in [1.82, 2.24) is 10.2 Å². The van der Waals surface area contributed by atoms with Crippen molar-refractivity contribution in [3.63, 3.8) is 0 Å². The lowest BCUT2D eigenvalue weighted by Crippen LogP contribution is -2.37. The molecule has 0 aromatic heterocycles. The van der Waals surface area contributed by atoms with Crippen LogP contribution in [0.1, 0.15) is 42.7 Å². The fraction of sp³-hybridized carbons (Fsp3) is 0.400. The summed E-state index contributed by atoms with van der Waals surface area (Å²) in [5, 5.41) is 21.3. The first kappa shape index (κ1) is 24.3. The highest BCUT2D eigenvalue weighted by Crippen LogP contribution is 2.44. The number of aliphatic hydroxyl groups excluding tert-OH is 1. The minimum atomic E-state index is -1.04. The molecule has 2 aromatic rings. The minimum Gasteiger partial charge on any atom is -0.481 e. The molecule has 2 aromatic carbocycles. The van der Waals surface area contributed by atoms with Gasteiger partial charge >= 0.3 is 12.1 Å². The first-order chi connectivity index (χ1) is 15.9. The third-order valence-electron chi connectivity index (χ3n) is 5.80. The van der Waals surface area contributed by atoms with Crippen molar-refractivity contribution in [3.8, 4) is 11.1 Å². The van der Waals surface area contributed by atoms with Crippen LogP contribution >= 0.6 is 0 Å². The lowest BCUT2D eigenvalue weighted by atomic mass is 9.98. The average molecular weight is 455 g/mol. The highest BCUT2D eigenvalue weighted by atomic mass is 16.5. The number of carboxylic acids is 1. The van der Waals surface area contributed by atoms with Gasteiger partial charge in [-0.3, -0.25) is 9.59 Å². The zero-order chi connectivity index (χ0) is 23.8. The third kappa shape index (κ3) is 6.55. The molecule has 3 rings (SSSR count). The quantitative estimate of drug-likeness (QED) is 0.450. The number of nitrogens with one attached hydrogen (secondary N) is 1. The number of alkyl carbamates (subject to hydrolysis) is 1. The number of fused-ring (bicyclic) bond motifs is 3. The summed E-state index contributed by atoms with van der Waals surface area (Å²) < 4.78 is 5.42. The monoisotopic (exact) mass is 454 g/mol. The number of hydrogen-bond acceptors (Lipinski definition) is 5. The van der Waals surface area contributed by atoms with Crippen LogP contribution in [-0.2, 0) is 14.3 Å². The minimum absolute atomic E-state index is 0.0515. The van der Waals surface area contributed by atoms with E-state index in [4.69, 9.17) is 9.84 Å². The van der Waals surface area contributed by atoms with Gasteiger partial charge in [0.15, 0.2) is 0 Å². The Bertz CT molecular complexity index is 947. The van der Waals surface area contributed by atoms with E-state index in [0.29, 0.717) is 19.4 Å². The van der Waals surface area contributed by atoms with E-state index in [2.05, 4.69) is 17.4 Å². The van der Waals surface area contributed by atoms with Crippen LogP contribution in [0.2, 0.25) is 0 Å². The second-order valence-electron chi connectivity index (χ2n) is 8.23. The van der Waals surface area contributed by atoms with Crippen molar-refractivity contribution < 1.29 is 29.3 Å². The van der Waals surface area contributed by atoms with Crippen molar-refractivity contribution in [3.05, 3.63) is 59.7 Å². The number of rotatable bonds is 11. The lowest BCUT2D eigenvalue weighted by molar-refractivity contribution is -0.137. The number of ether oxygens (including phenoxy) is 1. The first-order valence-corrected chi connectivity index (χ1v) is 11.1. The normalized spacial score (nSPS) is 13.0. The van der Waals surface area contributed by atoms with Gasteiger partial charge in [0, 0.05) is 32.5 Å². The molecule has 0 heterocycles. The molecule has 1 unspecified atom stereocenters. The Morgan fingerprint density at radius 1 is 1.03 bits per heavy atom. The molecule has 0 bridgehead atoms. The molecule has 8 nitrogen and oxygen atoms in total. The summed E-state index contributed by atoms with van der Waals surface area (Å²) in [6.07, 6.45) is -0.709. The maximum absolute atomic E-state index is 12.2. The number of hydrogen-bond donors (Lipinski definition) is 3. The van der Waals surface area contributed by atoms with Gasteiger partial charge in [-0.05, 0) is 35.1 Å². The van der Waals surface area contributed by atoms with Crippen LogP contribution in [-0.4, -0.2) is 65.9 Å². The molecule has 0 radical (unpaired) electrons. The Morgan fingerprint density at radius 2 is 1.64 bits per heavy atom. The predicted molar refractivity (Wildman–Crippen MR) is 123 cm³/mol. The van der Waals surface area contributed by atoms with Crippen molar-refractivity contribution in [1.29, 1.82) is 0 Å². The molecule has 1 atom stereocenters. The van der Waals surface area contributed by atoms with E-state index in [-0.39, 0.29) is 37.8 Å². The zero-order valence-electron chi connectivity index (χ0n) is 18.7. The van der Waals surface area contributed by atoms with Gasteiger partial charge in [-0.2, -0.15) is 0 Å². The molecule has 2 amide bonds. The van der Waals surface area contributed by atoms with Crippen molar-refractivity contribution in [2.45, 2.75) is 37.7 Å². The molecule has 0 fully saturated rings. The number of carbonyl (C=O) groups is 3. The van der Waals surface area contributed by atoms with Gasteiger partial charge < -0.3 is 25.2 Å². The molecule has 1 aliphatic rings. The van der Waals surface area contributed by atoms with E-state index in [9.17, 15) is 19.5 Å². The second-order valence-corrected chi connectivity index (χ2v) is 8.23. The lowest BCUT2D eigenvalue weighted by Gasteiger charge is -2.19. The maximum Gasteiger partial charge on any atom is 0.407 e. The summed E-state index contributed by atoms with van der Waals surface area (Å²) in [6, 6.07) is 16.1. The van der Waals surface area contributed by atoms with Gasteiger partial charge in [0.25, 0.3) is 0 Å². The largest absolute Gasteiger partial charge is 0.481 e. The maximum atomic E-state index is 12.2. The van der Waals surface area contributed by atoms with E-state index in [1.54, 1.807) is 7.05 Å². The van der Waals surface area contributed by atoms with Crippen LogP contribution in [0.3, 0.4) is 0 Å².